The molecule has 4 heteroatoms. The molecule has 1 unspecified atom stereocenters. The van der Waals surface area contributed by atoms with Crippen LogP contribution < -0.4 is 0 Å². The molecule has 0 aromatic rings. The van der Waals surface area contributed by atoms with E-state index in [4.69, 9.17) is 4.52 Å². The van der Waals surface area contributed by atoms with Gasteiger partial charge < -0.3 is 9.63 Å². The van der Waals surface area contributed by atoms with Crippen molar-refractivity contribution in [3.05, 3.63) is 11.4 Å². The number of allylic oxidation sites excluding steroid dienone is 1. The van der Waals surface area contributed by atoms with Gasteiger partial charge in [-0.1, -0.05) is 0 Å². The van der Waals surface area contributed by atoms with Crippen LogP contribution in [0.25, 0.3) is 0 Å². The Kier molecular flexibility index (Phi) is 3.33. The highest BCUT2D eigenvalue weighted by molar-refractivity contribution is 7.62. The van der Waals surface area contributed by atoms with Gasteiger partial charge in [0.2, 0.25) is 7.37 Å². The molecular formula is C9H17O3P. The molecule has 0 amide bonds. The lowest BCUT2D eigenvalue weighted by atomic mass is 10.3. The van der Waals surface area contributed by atoms with Crippen LogP contribution >= 0.6 is 7.37 Å². The van der Waals surface area contributed by atoms with Crippen LogP contribution in [-0.4, -0.2) is 24.0 Å². The largest absolute Gasteiger partial charge is 0.389 e. The van der Waals surface area contributed by atoms with Crippen molar-refractivity contribution in [1.82, 2.24) is 0 Å². The summed E-state index contributed by atoms with van der Waals surface area (Å²) in [7, 11) is -2.63. The highest BCUT2D eigenvalue weighted by atomic mass is 31.2. The molecule has 0 aromatic carbocycles. The minimum absolute atomic E-state index is 0.0329. The van der Waals surface area contributed by atoms with Gasteiger partial charge in [0.15, 0.2) is 0 Å². The van der Waals surface area contributed by atoms with Crippen molar-refractivity contribution in [2.45, 2.75) is 38.9 Å². The highest BCUT2D eigenvalue weighted by Crippen LogP contribution is 2.56. The Balaban J connectivity index is 2.70. The van der Waals surface area contributed by atoms with E-state index in [1.807, 2.05) is 13.8 Å². The molecule has 1 aliphatic rings. The number of rotatable bonds is 3. The molecule has 2 atom stereocenters. The van der Waals surface area contributed by atoms with Gasteiger partial charge in [-0.3, -0.25) is 4.57 Å². The Morgan fingerprint density at radius 2 is 2.31 bits per heavy atom. The van der Waals surface area contributed by atoms with Gasteiger partial charge in [-0.25, -0.2) is 0 Å². The fourth-order valence-corrected chi connectivity index (χ4v) is 3.41. The fraction of sp³-hybridized carbons (Fsp3) is 0.778. The van der Waals surface area contributed by atoms with Gasteiger partial charge in [0.05, 0.1) is 12.2 Å². The standard InChI is InChI=1S/C9H17O3P/c1-7(2)12-13(3,11)9-5-4-8(10)6-9/h6-8,10H,4-5H2,1-3H3/t8-,13?/m0/s1. The number of aliphatic hydroxyl groups is 1. The summed E-state index contributed by atoms with van der Waals surface area (Å²) in [5.41, 5.74) is 0. The van der Waals surface area contributed by atoms with E-state index in [0.717, 1.165) is 5.31 Å². The van der Waals surface area contributed by atoms with Crippen molar-refractivity contribution in [2.24, 2.45) is 0 Å². The van der Waals surface area contributed by atoms with Crippen LogP contribution in [0.5, 0.6) is 0 Å². The molecule has 0 saturated carbocycles. The first kappa shape index (κ1) is 11.0. The third-order valence-electron chi connectivity index (χ3n) is 2.01. The van der Waals surface area contributed by atoms with Crippen molar-refractivity contribution in [1.29, 1.82) is 0 Å². The first-order valence-electron chi connectivity index (χ1n) is 4.57. The Bertz CT molecular complexity index is 258. The van der Waals surface area contributed by atoms with E-state index in [1.54, 1.807) is 12.7 Å². The van der Waals surface area contributed by atoms with Gasteiger partial charge in [-0.2, -0.15) is 0 Å². The van der Waals surface area contributed by atoms with Crippen LogP contribution in [0.15, 0.2) is 11.4 Å². The molecule has 76 valence electrons. The molecule has 0 saturated heterocycles. The van der Waals surface area contributed by atoms with Gasteiger partial charge in [-0.05, 0) is 32.8 Å². The Labute approximate surface area is 79.2 Å². The molecule has 0 aromatic heterocycles. The van der Waals surface area contributed by atoms with Gasteiger partial charge in [-0.15, -0.1) is 0 Å². The third-order valence-corrected chi connectivity index (χ3v) is 4.25. The second kappa shape index (κ2) is 3.95. The van der Waals surface area contributed by atoms with E-state index in [9.17, 15) is 9.67 Å². The van der Waals surface area contributed by atoms with Crippen molar-refractivity contribution in [2.75, 3.05) is 6.66 Å². The predicted molar refractivity (Wildman–Crippen MR) is 53.1 cm³/mol. The molecule has 0 bridgehead atoms. The molecule has 1 aliphatic carbocycles. The molecule has 1 rings (SSSR count). The fourth-order valence-electron chi connectivity index (χ4n) is 1.49. The van der Waals surface area contributed by atoms with Crippen LogP contribution in [0.2, 0.25) is 0 Å². The molecule has 0 aliphatic heterocycles. The summed E-state index contributed by atoms with van der Waals surface area (Å²) in [4.78, 5) is 0. The van der Waals surface area contributed by atoms with Gasteiger partial charge >= 0.3 is 0 Å². The number of hydrogen-bond donors (Lipinski definition) is 1. The second-order valence-corrected chi connectivity index (χ2v) is 6.24. The Hall–Kier alpha value is -0.110. The topological polar surface area (TPSA) is 46.5 Å². The molecule has 0 heterocycles. The molecule has 3 nitrogen and oxygen atoms in total. The lowest BCUT2D eigenvalue weighted by molar-refractivity contribution is 0.223. The summed E-state index contributed by atoms with van der Waals surface area (Å²) in [5, 5.41) is 10.0. The smallest absolute Gasteiger partial charge is 0.225 e. The van der Waals surface area contributed by atoms with Gasteiger partial charge in [0, 0.05) is 12.0 Å². The molecule has 0 radical (unpaired) electrons. The minimum atomic E-state index is -2.63. The van der Waals surface area contributed by atoms with Crippen LogP contribution in [-0.2, 0) is 9.09 Å². The SMILES string of the molecule is CC(C)OP(C)(=O)C1=C[C@@H](O)CC1. The molecule has 0 spiro atoms. The first-order chi connectivity index (χ1) is 5.92. The van der Waals surface area contributed by atoms with Crippen LogP contribution in [0.3, 0.4) is 0 Å². The third kappa shape index (κ3) is 2.94. The number of aliphatic hydroxyl groups excluding tert-OH is 1. The van der Waals surface area contributed by atoms with Gasteiger partial charge in [0.1, 0.15) is 0 Å². The summed E-state index contributed by atoms with van der Waals surface area (Å²) in [6, 6.07) is 0. The minimum Gasteiger partial charge on any atom is -0.389 e. The summed E-state index contributed by atoms with van der Waals surface area (Å²) < 4.78 is 17.3. The summed E-state index contributed by atoms with van der Waals surface area (Å²) in [6.07, 6.45) is 2.58. The quantitative estimate of drug-likeness (QED) is 0.718. The maximum absolute atomic E-state index is 12.0. The molecule has 0 fully saturated rings. The summed E-state index contributed by atoms with van der Waals surface area (Å²) in [5.74, 6) is 0. The van der Waals surface area contributed by atoms with E-state index in [2.05, 4.69) is 0 Å². The molecule has 13 heavy (non-hydrogen) atoms. The maximum atomic E-state index is 12.0. The highest BCUT2D eigenvalue weighted by Gasteiger charge is 2.28. The van der Waals surface area contributed by atoms with Crippen LogP contribution in [0, 0.1) is 0 Å². The number of hydrogen-bond acceptors (Lipinski definition) is 3. The Morgan fingerprint density at radius 1 is 1.69 bits per heavy atom. The zero-order valence-corrected chi connectivity index (χ0v) is 9.25. The normalized spacial score (nSPS) is 27.5. The van der Waals surface area contributed by atoms with E-state index in [-0.39, 0.29) is 6.10 Å². The second-order valence-electron chi connectivity index (χ2n) is 3.76. The zero-order valence-electron chi connectivity index (χ0n) is 8.36. The Morgan fingerprint density at radius 3 is 2.69 bits per heavy atom. The van der Waals surface area contributed by atoms with Gasteiger partial charge in [0.25, 0.3) is 0 Å². The first-order valence-corrected chi connectivity index (χ1v) is 6.64. The monoisotopic (exact) mass is 204 g/mol. The van der Waals surface area contributed by atoms with E-state index >= 15 is 0 Å². The average molecular weight is 204 g/mol. The van der Waals surface area contributed by atoms with Crippen molar-refractivity contribution >= 4 is 7.37 Å². The van der Waals surface area contributed by atoms with E-state index in [1.165, 1.54) is 0 Å². The average Bonchev–Trinajstić information content (AvgIpc) is 2.32. The maximum Gasteiger partial charge on any atom is 0.225 e. The lowest BCUT2D eigenvalue weighted by Crippen LogP contribution is -2.00. The molecule has 1 N–H and O–H groups in total. The van der Waals surface area contributed by atoms with Crippen LogP contribution in [0.1, 0.15) is 26.7 Å². The van der Waals surface area contributed by atoms with Crippen molar-refractivity contribution < 1.29 is 14.2 Å². The predicted octanol–water partition coefficient (Wildman–Crippen LogP) is 2.36. The van der Waals surface area contributed by atoms with E-state index in [0.29, 0.717) is 12.8 Å². The lowest BCUT2D eigenvalue weighted by Gasteiger charge is -2.17. The van der Waals surface area contributed by atoms with Crippen molar-refractivity contribution in [3.63, 3.8) is 0 Å². The summed E-state index contributed by atoms with van der Waals surface area (Å²) >= 11 is 0. The van der Waals surface area contributed by atoms with E-state index < -0.39 is 13.5 Å². The molecular weight excluding hydrogens is 187 g/mol. The van der Waals surface area contributed by atoms with Crippen LogP contribution in [0.4, 0.5) is 0 Å². The summed E-state index contributed by atoms with van der Waals surface area (Å²) in [6.45, 7) is 5.35. The zero-order chi connectivity index (χ0) is 10.1. The van der Waals surface area contributed by atoms with Crippen molar-refractivity contribution in [3.8, 4) is 0 Å².